The molecule has 0 amide bonds. The minimum absolute atomic E-state index is 0.315. The van der Waals surface area contributed by atoms with Gasteiger partial charge in [0.2, 0.25) is 11.1 Å². The third-order valence-electron chi connectivity index (χ3n) is 1.83. The first kappa shape index (κ1) is 12.2. The highest BCUT2D eigenvalue weighted by Gasteiger charge is 2.10. The second kappa shape index (κ2) is 6.54. The molecular formula is C8H16N4O2S. The maximum atomic E-state index is 5.47. The van der Waals surface area contributed by atoms with Gasteiger partial charge in [-0.25, -0.2) is 0 Å². The van der Waals surface area contributed by atoms with E-state index in [9.17, 15) is 0 Å². The smallest absolute Gasteiger partial charge is 0.233 e. The second-order valence-electron chi connectivity index (χ2n) is 2.91. The lowest BCUT2D eigenvalue weighted by Crippen LogP contribution is -2.30. The molecule has 0 aliphatic heterocycles. The van der Waals surface area contributed by atoms with Crippen LogP contribution in [-0.4, -0.2) is 49.9 Å². The first-order valence-electron chi connectivity index (χ1n) is 4.60. The topological polar surface area (TPSA) is 73.5 Å². The summed E-state index contributed by atoms with van der Waals surface area (Å²) in [5, 5.41) is 0.807. The molecule has 0 aromatic carbocycles. The highest BCUT2D eigenvalue weighted by molar-refractivity contribution is 7.09. The second-order valence-corrected chi connectivity index (χ2v) is 3.64. The highest BCUT2D eigenvalue weighted by atomic mass is 32.1. The number of nitrogens with two attached hydrogens (primary N) is 1. The summed E-state index contributed by atoms with van der Waals surface area (Å²) in [6.45, 7) is 2.80. The predicted molar refractivity (Wildman–Crippen MR) is 60.3 cm³/mol. The molecule has 0 aliphatic carbocycles. The monoisotopic (exact) mass is 232 g/mol. The van der Waals surface area contributed by atoms with Crippen LogP contribution in [0.4, 0.5) is 11.1 Å². The van der Waals surface area contributed by atoms with Crippen molar-refractivity contribution in [3.05, 3.63) is 0 Å². The number of nitrogens with zero attached hydrogens (tertiary/aromatic N) is 3. The van der Waals surface area contributed by atoms with Crippen LogP contribution >= 0.6 is 11.5 Å². The fourth-order valence-electron chi connectivity index (χ4n) is 1.06. The summed E-state index contributed by atoms with van der Waals surface area (Å²) in [4.78, 5) is 6.16. The SMILES string of the molecule is COCCN(CCOC)c1nc(N)ns1. The number of hydrogen-bond donors (Lipinski definition) is 1. The van der Waals surface area contributed by atoms with E-state index in [-0.39, 0.29) is 0 Å². The zero-order chi connectivity index (χ0) is 11.1. The van der Waals surface area contributed by atoms with Crippen molar-refractivity contribution in [2.45, 2.75) is 0 Å². The summed E-state index contributed by atoms with van der Waals surface area (Å²) in [7, 11) is 3.34. The Morgan fingerprint density at radius 3 is 2.27 bits per heavy atom. The van der Waals surface area contributed by atoms with Gasteiger partial charge in [0.25, 0.3) is 0 Å². The molecule has 0 spiro atoms. The van der Waals surface area contributed by atoms with Crippen LogP contribution < -0.4 is 10.6 Å². The Morgan fingerprint density at radius 1 is 1.27 bits per heavy atom. The summed E-state index contributed by atoms with van der Waals surface area (Å²) in [6, 6.07) is 0. The maximum Gasteiger partial charge on any atom is 0.233 e. The average Bonchev–Trinajstić information content (AvgIpc) is 2.65. The minimum Gasteiger partial charge on any atom is -0.383 e. The molecule has 7 heteroatoms. The van der Waals surface area contributed by atoms with Crippen LogP contribution in [0.1, 0.15) is 0 Å². The Kier molecular flexibility index (Phi) is 5.30. The first-order valence-corrected chi connectivity index (χ1v) is 5.37. The fourth-order valence-corrected chi connectivity index (χ4v) is 1.71. The summed E-state index contributed by atoms with van der Waals surface area (Å²) in [5.74, 6) is 0.315. The molecule has 1 rings (SSSR count). The van der Waals surface area contributed by atoms with Crippen LogP contribution in [0.25, 0.3) is 0 Å². The van der Waals surface area contributed by atoms with Gasteiger partial charge in [-0.1, -0.05) is 0 Å². The molecule has 1 heterocycles. The van der Waals surface area contributed by atoms with E-state index < -0.39 is 0 Å². The normalized spacial score (nSPS) is 10.5. The van der Waals surface area contributed by atoms with E-state index in [2.05, 4.69) is 9.36 Å². The lowest BCUT2D eigenvalue weighted by Gasteiger charge is -2.20. The van der Waals surface area contributed by atoms with Gasteiger partial charge < -0.3 is 20.1 Å². The Labute approximate surface area is 93.2 Å². The summed E-state index contributed by atoms with van der Waals surface area (Å²) in [5.41, 5.74) is 5.47. The average molecular weight is 232 g/mol. The summed E-state index contributed by atoms with van der Waals surface area (Å²) < 4.78 is 14.0. The van der Waals surface area contributed by atoms with E-state index in [1.54, 1.807) is 14.2 Å². The fraction of sp³-hybridized carbons (Fsp3) is 0.750. The number of ether oxygens (including phenoxy) is 2. The summed E-state index contributed by atoms with van der Waals surface area (Å²) in [6.07, 6.45) is 0. The molecule has 1 aromatic rings. The zero-order valence-corrected chi connectivity index (χ0v) is 9.79. The quantitative estimate of drug-likeness (QED) is 0.725. The number of aromatic nitrogens is 2. The number of hydrogen-bond acceptors (Lipinski definition) is 7. The van der Waals surface area contributed by atoms with Gasteiger partial charge in [-0.15, -0.1) is 0 Å². The maximum absolute atomic E-state index is 5.47. The van der Waals surface area contributed by atoms with E-state index >= 15 is 0 Å². The predicted octanol–water partition coefficient (Wildman–Crippen LogP) is 0.220. The Morgan fingerprint density at radius 2 is 1.87 bits per heavy atom. The van der Waals surface area contributed by atoms with Gasteiger partial charge in [0, 0.05) is 38.8 Å². The largest absolute Gasteiger partial charge is 0.383 e. The number of rotatable bonds is 7. The van der Waals surface area contributed by atoms with E-state index in [0.29, 0.717) is 19.2 Å². The van der Waals surface area contributed by atoms with E-state index in [1.165, 1.54) is 11.5 Å². The Bertz CT molecular complexity index is 273. The van der Waals surface area contributed by atoms with Crippen molar-refractivity contribution < 1.29 is 9.47 Å². The van der Waals surface area contributed by atoms with Gasteiger partial charge in [0.05, 0.1) is 13.2 Å². The van der Waals surface area contributed by atoms with Crippen molar-refractivity contribution in [3.63, 3.8) is 0 Å². The number of anilines is 2. The van der Waals surface area contributed by atoms with Gasteiger partial charge in [0.1, 0.15) is 0 Å². The molecule has 0 bridgehead atoms. The lowest BCUT2D eigenvalue weighted by atomic mass is 10.5. The molecule has 6 nitrogen and oxygen atoms in total. The lowest BCUT2D eigenvalue weighted by molar-refractivity contribution is 0.190. The first-order chi connectivity index (χ1) is 7.27. The van der Waals surface area contributed by atoms with Gasteiger partial charge >= 0.3 is 0 Å². The molecule has 0 saturated heterocycles. The van der Waals surface area contributed by atoms with Crippen LogP contribution in [0.2, 0.25) is 0 Å². The molecular weight excluding hydrogens is 216 g/mol. The molecule has 2 N–H and O–H groups in total. The van der Waals surface area contributed by atoms with Crippen molar-refractivity contribution in [2.24, 2.45) is 0 Å². The molecule has 1 aromatic heterocycles. The highest BCUT2D eigenvalue weighted by Crippen LogP contribution is 2.17. The molecule has 0 aliphatic rings. The van der Waals surface area contributed by atoms with Crippen molar-refractivity contribution >= 4 is 22.6 Å². The van der Waals surface area contributed by atoms with Gasteiger partial charge in [-0.2, -0.15) is 9.36 Å². The van der Waals surface area contributed by atoms with Crippen molar-refractivity contribution in [2.75, 3.05) is 51.2 Å². The molecule has 15 heavy (non-hydrogen) atoms. The standard InChI is InChI=1S/C8H16N4O2S/c1-13-5-3-12(4-6-14-2)8-10-7(9)11-15-8/h3-6H2,1-2H3,(H2,9,11). The van der Waals surface area contributed by atoms with E-state index in [0.717, 1.165) is 18.2 Å². The molecule has 0 atom stereocenters. The molecule has 0 fully saturated rings. The Balaban J connectivity index is 2.54. The van der Waals surface area contributed by atoms with Crippen molar-refractivity contribution in [1.29, 1.82) is 0 Å². The molecule has 0 saturated carbocycles. The summed E-state index contributed by atoms with van der Waals surface area (Å²) >= 11 is 1.29. The number of methoxy groups -OCH3 is 2. The Hall–Kier alpha value is -0.920. The van der Waals surface area contributed by atoms with Gasteiger partial charge in [-0.3, -0.25) is 0 Å². The van der Waals surface area contributed by atoms with E-state index in [4.69, 9.17) is 15.2 Å². The van der Waals surface area contributed by atoms with Crippen LogP contribution in [0.15, 0.2) is 0 Å². The van der Waals surface area contributed by atoms with Crippen molar-refractivity contribution in [3.8, 4) is 0 Å². The third-order valence-corrected chi connectivity index (χ3v) is 2.62. The van der Waals surface area contributed by atoms with Crippen LogP contribution in [0.3, 0.4) is 0 Å². The number of nitrogen functional groups attached to an aromatic ring is 1. The van der Waals surface area contributed by atoms with Gasteiger partial charge in [0.15, 0.2) is 0 Å². The van der Waals surface area contributed by atoms with Gasteiger partial charge in [-0.05, 0) is 0 Å². The molecule has 86 valence electrons. The zero-order valence-electron chi connectivity index (χ0n) is 8.97. The third kappa shape index (κ3) is 3.98. The minimum atomic E-state index is 0.315. The van der Waals surface area contributed by atoms with Crippen LogP contribution in [0, 0.1) is 0 Å². The molecule has 0 unspecified atom stereocenters. The van der Waals surface area contributed by atoms with Crippen molar-refractivity contribution in [1.82, 2.24) is 9.36 Å². The van der Waals surface area contributed by atoms with Crippen LogP contribution in [-0.2, 0) is 9.47 Å². The van der Waals surface area contributed by atoms with E-state index in [1.807, 2.05) is 4.90 Å². The van der Waals surface area contributed by atoms with Crippen LogP contribution in [0.5, 0.6) is 0 Å². The molecule has 0 radical (unpaired) electrons.